The van der Waals surface area contributed by atoms with Crippen LogP contribution in [0.1, 0.15) is 30.2 Å². The molecule has 0 fully saturated rings. The molecule has 3 aromatic rings. The van der Waals surface area contributed by atoms with Crippen LogP contribution in [-0.2, 0) is 10.0 Å². The van der Waals surface area contributed by atoms with Crippen molar-refractivity contribution in [2.24, 2.45) is 0 Å². The third-order valence-electron chi connectivity index (χ3n) is 3.44. The van der Waals surface area contributed by atoms with Gasteiger partial charge in [0, 0.05) is 5.39 Å². The lowest BCUT2D eigenvalue weighted by atomic mass is 10.2. The average molecular weight is 320 g/mol. The van der Waals surface area contributed by atoms with Crippen LogP contribution in [0.5, 0.6) is 0 Å². The number of fused-ring (bicyclic) bond motifs is 1. The molecule has 0 saturated heterocycles. The van der Waals surface area contributed by atoms with Gasteiger partial charge in [0.25, 0.3) is 0 Å². The molecule has 0 aliphatic rings. The summed E-state index contributed by atoms with van der Waals surface area (Å²) in [5, 5.41) is 4.61. The molecule has 1 aromatic carbocycles. The van der Waals surface area contributed by atoms with Crippen LogP contribution < -0.4 is 4.72 Å². The van der Waals surface area contributed by atoms with Gasteiger partial charge in [0.2, 0.25) is 10.0 Å². The first-order chi connectivity index (χ1) is 10.4. The third kappa shape index (κ3) is 2.53. The minimum Gasteiger partial charge on any atom is -0.459 e. The predicted octanol–water partition coefficient (Wildman–Crippen LogP) is 3.08. The number of para-hydroxylation sites is 1. The number of nitrogens with one attached hydrogen (secondary N) is 1. The van der Waals surface area contributed by atoms with E-state index in [2.05, 4.69) is 9.88 Å². The highest BCUT2D eigenvalue weighted by molar-refractivity contribution is 7.89. The second-order valence-corrected chi connectivity index (χ2v) is 6.83. The summed E-state index contributed by atoms with van der Waals surface area (Å²) in [4.78, 5) is 0.0791. The molecule has 0 aliphatic carbocycles. The molecule has 3 rings (SSSR count). The number of aryl methyl sites for hydroxylation is 2. The highest BCUT2D eigenvalue weighted by Crippen LogP contribution is 2.26. The molecule has 0 unspecified atom stereocenters. The Bertz CT molecular complexity index is 872. The topological polar surface area (TPSA) is 85.3 Å². The second-order valence-electron chi connectivity index (χ2n) is 5.18. The molecule has 6 nitrogen and oxygen atoms in total. The van der Waals surface area contributed by atoms with Gasteiger partial charge in [0.1, 0.15) is 21.9 Å². The fourth-order valence-corrected chi connectivity index (χ4v) is 3.97. The lowest BCUT2D eigenvalue weighted by Crippen LogP contribution is -2.27. The van der Waals surface area contributed by atoms with E-state index in [0.29, 0.717) is 11.5 Å². The highest BCUT2D eigenvalue weighted by atomic mass is 32.2. The zero-order valence-electron chi connectivity index (χ0n) is 12.5. The Morgan fingerprint density at radius 3 is 2.59 bits per heavy atom. The molecule has 1 atom stereocenters. The van der Waals surface area contributed by atoms with Crippen molar-refractivity contribution in [1.82, 2.24) is 9.88 Å². The fourth-order valence-electron chi connectivity index (χ4n) is 2.42. The van der Waals surface area contributed by atoms with Gasteiger partial charge in [0.05, 0.1) is 6.04 Å². The van der Waals surface area contributed by atoms with Crippen molar-refractivity contribution in [1.29, 1.82) is 0 Å². The van der Waals surface area contributed by atoms with E-state index in [0.717, 1.165) is 11.0 Å². The molecule has 1 N–H and O–H groups in total. The van der Waals surface area contributed by atoms with E-state index in [1.165, 1.54) is 0 Å². The van der Waals surface area contributed by atoms with Crippen molar-refractivity contribution in [2.75, 3.05) is 0 Å². The maximum Gasteiger partial charge on any atom is 0.246 e. The summed E-state index contributed by atoms with van der Waals surface area (Å²) in [5.41, 5.74) is 1.06. The molecule has 0 spiro atoms. The van der Waals surface area contributed by atoms with Gasteiger partial charge in [0.15, 0.2) is 5.76 Å². The Labute approximate surface area is 128 Å². The summed E-state index contributed by atoms with van der Waals surface area (Å²) in [6.45, 7) is 4.89. The normalized spacial score (nSPS) is 13.6. The fraction of sp³-hybridized carbons (Fsp3) is 0.267. The van der Waals surface area contributed by atoms with Crippen molar-refractivity contribution >= 4 is 21.0 Å². The maximum absolute atomic E-state index is 12.5. The third-order valence-corrected chi connectivity index (χ3v) is 5.22. The van der Waals surface area contributed by atoms with Crippen LogP contribution in [0, 0.1) is 13.8 Å². The molecule has 22 heavy (non-hydrogen) atoms. The van der Waals surface area contributed by atoms with Gasteiger partial charge in [-0.1, -0.05) is 23.4 Å². The van der Waals surface area contributed by atoms with E-state index in [-0.39, 0.29) is 10.7 Å². The smallest absolute Gasteiger partial charge is 0.246 e. The first-order valence-electron chi connectivity index (χ1n) is 6.82. The van der Waals surface area contributed by atoms with Crippen LogP contribution in [-0.4, -0.2) is 13.6 Å². The maximum atomic E-state index is 12.5. The monoisotopic (exact) mass is 320 g/mol. The number of aromatic nitrogens is 1. The van der Waals surface area contributed by atoms with Gasteiger partial charge in [-0.3, -0.25) is 0 Å². The second kappa shape index (κ2) is 5.26. The van der Waals surface area contributed by atoms with Gasteiger partial charge >= 0.3 is 0 Å². The van der Waals surface area contributed by atoms with Crippen molar-refractivity contribution < 1.29 is 17.4 Å². The lowest BCUT2D eigenvalue weighted by molar-refractivity contribution is 0.390. The molecule has 0 aliphatic heterocycles. The van der Waals surface area contributed by atoms with E-state index in [4.69, 9.17) is 8.94 Å². The quantitative estimate of drug-likeness (QED) is 0.798. The molecule has 0 radical (unpaired) electrons. The number of hydrogen-bond donors (Lipinski definition) is 1. The summed E-state index contributed by atoms with van der Waals surface area (Å²) in [7, 11) is -3.73. The number of furan rings is 1. The van der Waals surface area contributed by atoms with Crippen LogP contribution in [0.3, 0.4) is 0 Å². The number of sulfonamides is 1. The largest absolute Gasteiger partial charge is 0.459 e. The Morgan fingerprint density at radius 1 is 1.23 bits per heavy atom. The van der Waals surface area contributed by atoms with Crippen molar-refractivity contribution in [3.63, 3.8) is 0 Å². The summed E-state index contributed by atoms with van der Waals surface area (Å²) >= 11 is 0. The first-order valence-corrected chi connectivity index (χ1v) is 8.30. The summed E-state index contributed by atoms with van der Waals surface area (Å²) < 4.78 is 38.2. The molecule has 2 aromatic heterocycles. The Morgan fingerprint density at radius 2 is 1.95 bits per heavy atom. The van der Waals surface area contributed by atoms with Crippen LogP contribution in [0.15, 0.2) is 44.2 Å². The molecule has 116 valence electrons. The summed E-state index contributed by atoms with van der Waals surface area (Å²) in [6, 6.07) is 8.85. The predicted molar refractivity (Wildman–Crippen MR) is 80.9 cm³/mol. The van der Waals surface area contributed by atoms with Gasteiger partial charge in [-0.15, -0.1) is 0 Å². The van der Waals surface area contributed by atoms with Crippen molar-refractivity contribution in [2.45, 2.75) is 31.7 Å². The SMILES string of the molecule is Cc1noc(C)c1S(=O)(=O)N[C@@H](C)c1cc2ccccc2o1. The number of nitrogens with zero attached hydrogens (tertiary/aromatic N) is 1. The molecular formula is C15H16N2O4S. The van der Waals surface area contributed by atoms with Gasteiger partial charge in [-0.25, -0.2) is 13.1 Å². The summed E-state index contributed by atoms with van der Waals surface area (Å²) in [5.74, 6) is 0.818. The minimum atomic E-state index is -3.73. The van der Waals surface area contributed by atoms with Gasteiger partial charge in [-0.2, -0.15) is 0 Å². The van der Waals surface area contributed by atoms with E-state index in [9.17, 15) is 8.42 Å². The van der Waals surface area contributed by atoms with E-state index < -0.39 is 16.1 Å². The molecule has 0 bridgehead atoms. The highest BCUT2D eigenvalue weighted by Gasteiger charge is 2.27. The Kier molecular flexibility index (Phi) is 3.54. The zero-order valence-corrected chi connectivity index (χ0v) is 13.3. The molecule has 2 heterocycles. The van der Waals surface area contributed by atoms with Crippen LogP contribution in [0.25, 0.3) is 11.0 Å². The molecular weight excluding hydrogens is 304 g/mol. The zero-order chi connectivity index (χ0) is 15.9. The van der Waals surface area contributed by atoms with E-state index in [1.807, 2.05) is 30.3 Å². The molecule has 7 heteroatoms. The van der Waals surface area contributed by atoms with Crippen LogP contribution in [0.4, 0.5) is 0 Å². The molecule has 0 saturated carbocycles. The average Bonchev–Trinajstić information content (AvgIpc) is 3.02. The van der Waals surface area contributed by atoms with E-state index >= 15 is 0 Å². The number of hydrogen-bond acceptors (Lipinski definition) is 5. The minimum absolute atomic E-state index is 0.0791. The van der Waals surface area contributed by atoms with E-state index in [1.54, 1.807) is 20.8 Å². The number of rotatable bonds is 4. The Balaban J connectivity index is 1.91. The number of benzene rings is 1. The Hall–Kier alpha value is -2.12. The van der Waals surface area contributed by atoms with Crippen LogP contribution in [0.2, 0.25) is 0 Å². The van der Waals surface area contributed by atoms with Gasteiger partial charge < -0.3 is 8.94 Å². The van der Waals surface area contributed by atoms with Crippen molar-refractivity contribution in [3.05, 3.63) is 47.5 Å². The first kappa shape index (κ1) is 14.8. The summed E-state index contributed by atoms with van der Waals surface area (Å²) in [6.07, 6.45) is 0. The standard InChI is InChI=1S/C15H16N2O4S/c1-9(14-8-12-6-4-5-7-13(12)20-14)17-22(18,19)15-10(2)16-21-11(15)3/h4-9,17H,1-3H3/t9-/m0/s1. The lowest BCUT2D eigenvalue weighted by Gasteiger charge is -2.11. The van der Waals surface area contributed by atoms with Crippen molar-refractivity contribution in [3.8, 4) is 0 Å². The van der Waals surface area contributed by atoms with Crippen LogP contribution >= 0.6 is 0 Å². The molecule has 0 amide bonds. The van der Waals surface area contributed by atoms with Gasteiger partial charge in [-0.05, 0) is 32.9 Å².